The maximum absolute atomic E-state index is 11.7. The molecular weight excluding hydrogens is 436 g/mol. The van der Waals surface area contributed by atoms with Gasteiger partial charge in [0.2, 0.25) is 11.6 Å². The molecule has 2 aromatic heterocycles. The fourth-order valence-electron chi connectivity index (χ4n) is 4.00. The second-order valence-electron chi connectivity index (χ2n) is 7.73. The number of azo groups is 1. The number of carbonyl (C=O) groups is 1. The summed E-state index contributed by atoms with van der Waals surface area (Å²) in [6.07, 6.45) is 7.09. The second kappa shape index (κ2) is 9.13. The number of thiazole rings is 1. The lowest BCUT2D eigenvalue weighted by molar-refractivity contribution is -0.111. The third kappa shape index (κ3) is 4.12. The van der Waals surface area contributed by atoms with Crippen molar-refractivity contribution in [3.63, 3.8) is 0 Å². The number of pyridine rings is 1. The van der Waals surface area contributed by atoms with E-state index in [1.165, 1.54) is 23.8 Å². The van der Waals surface area contributed by atoms with Crippen LogP contribution < -0.4 is 5.32 Å². The number of carbonyl (C=O) groups excluding carboxylic acids is 1. The van der Waals surface area contributed by atoms with E-state index in [9.17, 15) is 4.79 Å². The maximum atomic E-state index is 11.7. The fraction of sp³-hybridized carbons (Fsp3) is 0.250. The zero-order valence-electron chi connectivity index (χ0n) is 17.8. The lowest BCUT2D eigenvalue weighted by Gasteiger charge is -2.33. The average molecular weight is 459 g/mol. The highest BCUT2D eigenvalue weighted by Crippen LogP contribution is 2.48. The Morgan fingerprint density at radius 1 is 1.21 bits per heavy atom. The molecular formula is C24H22N6O2S. The molecule has 0 saturated carbocycles. The average Bonchev–Trinajstić information content (AvgIpc) is 3.54. The van der Waals surface area contributed by atoms with Crippen LogP contribution in [0.3, 0.4) is 0 Å². The third-order valence-electron chi connectivity index (χ3n) is 5.60. The van der Waals surface area contributed by atoms with Crippen LogP contribution in [0.5, 0.6) is 0 Å². The molecule has 166 valence electrons. The molecule has 33 heavy (non-hydrogen) atoms. The lowest BCUT2D eigenvalue weighted by atomic mass is 9.93. The number of amides is 1. The van der Waals surface area contributed by atoms with Gasteiger partial charge in [-0.25, -0.2) is 15.0 Å². The summed E-state index contributed by atoms with van der Waals surface area (Å²) in [5.74, 6) is 0.109. The number of rotatable bonds is 6. The Morgan fingerprint density at radius 2 is 2.09 bits per heavy atom. The summed E-state index contributed by atoms with van der Waals surface area (Å²) in [7, 11) is 0. The number of ether oxygens (including phenoxy) is 1. The number of nitrogens with zero attached hydrogens (tertiary/aromatic N) is 5. The molecule has 1 saturated heterocycles. The van der Waals surface area contributed by atoms with Gasteiger partial charge in [-0.05, 0) is 37.5 Å². The zero-order chi connectivity index (χ0) is 22.7. The summed E-state index contributed by atoms with van der Waals surface area (Å²) in [5, 5.41) is 12.2. The molecule has 1 aromatic carbocycles. The Kier molecular flexibility index (Phi) is 5.89. The number of nitrogens with one attached hydrogen (secondary N) is 1. The van der Waals surface area contributed by atoms with Crippen molar-refractivity contribution >= 4 is 29.4 Å². The van der Waals surface area contributed by atoms with Crippen molar-refractivity contribution in [2.24, 2.45) is 15.2 Å². The molecule has 1 fully saturated rings. The SMILES string of the molecule is C=CC(=O)Nc1cc(-c2nc(-c3ccccc3)c(C3(C4CCCCO4)N=CN=N3)s2)ccn1. The molecule has 0 radical (unpaired) electrons. The molecule has 2 aliphatic rings. The van der Waals surface area contributed by atoms with Gasteiger partial charge in [0.25, 0.3) is 0 Å². The molecule has 1 N–H and O–H groups in total. The maximum Gasteiger partial charge on any atom is 0.248 e. The van der Waals surface area contributed by atoms with Gasteiger partial charge in [-0.2, -0.15) is 0 Å². The largest absolute Gasteiger partial charge is 0.373 e. The van der Waals surface area contributed by atoms with E-state index in [0.717, 1.165) is 46.0 Å². The second-order valence-corrected chi connectivity index (χ2v) is 8.73. The first-order valence-corrected chi connectivity index (χ1v) is 11.5. The van der Waals surface area contributed by atoms with E-state index in [4.69, 9.17) is 14.7 Å². The van der Waals surface area contributed by atoms with Crippen LogP contribution in [0.1, 0.15) is 24.1 Å². The van der Waals surface area contributed by atoms with Gasteiger partial charge in [0.15, 0.2) is 0 Å². The number of aliphatic imine (C=N–C) groups is 1. The predicted octanol–water partition coefficient (Wildman–Crippen LogP) is 5.21. The lowest BCUT2D eigenvalue weighted by Crippen LogP contribution is -2.39. The van der Waals surface area contributed by atoms with Crippen LogP contribution in [0.4, 0.5) is 5.82 Å². The zero-order valence-corrected chi connectivity index (χ0v) is 18.7. The highest BCUT2D eigenvalue weighted by atomic mass is 32.1. The standard InChI is InChI=1S/C24H22N6O2S/c1-2-20(31)28-19-14-17(11-12-25-19)23-29-21(16-8-4-3-5-9-16)22(33-23)24(26-15-27-30-24)18-10-6-7-13-32-18/h2-5,8-9,11-12,14-15,18H,1,6-7,10,13H2,(H,25,28,31). The van der Waals surface area contributed by atoms with Crippen LogP contribution in [0.15, 0.2) is 76.5 Å². The summed E-state index contributed by atoms with van der Waals surface area (Å²) in [4.78, 5) is 26.6. The van der Waals surface area contributed by atoms with Crippen LogP contribution in [-0.2, 0) is 15.2 Å². The van der Waals surface area contributed by atoms with Crippen LogP contribution in [0, 0.1) is 0 Å². The van der Waals surface area contributed by atoms with Crippen molar-refractivity contribution in [3.8, 4) is 21.8 Å². The van der Waals surface area contributed by atoms with E-state index >= 15 is 0 Å². The van der Waals surface area contributed by atoms with Crippen molar-refractivity contribution < 1.29 is 9.53 Å². The van der Waals surface area contributed by atoms with E-state index in [2.05, 4.69) is 27.1 Å². The Morgan fingerprint density at radius 3 is 2.82 bits per heavy atom. The minimum atomic E-state index is -0.950. The van der Waals surface area contributed by atoms with Gasteiger partial charge in [-0.1, -0.05) is 36.9 Å². The van der Waals surface area contributed by atoms with Crippen molar-refractivity contribution in [3.05, 3.63) is 66.2 Å². The Balaban J connectivity index is 1.63. The molecule has 2 unspecified atom stereocenters. The minimum absolute atomic E-state index is 0.204. The molecule has 2 aliphatic heterocycles. The monoisotopic (exact) mass is 458 g/mol. The number of anilines is 1. The molecule has 5 rings (SSSR count). The quantitative estimate of drug-likeness (QED) is 0.512. The summed E-state index contributed by atoms with van der Waals surface area (Å²) in [5.41, 5.74) is 1.65. The van der Waals surface area contributed by atoms with Gasteiger partial charge in [-0.15, -0.1) is 21.6 Å². The van der Waals surface area contributed by atoms with Crippen molar-refractivity contribution in [2.45, 2.75) is 31.0 Å². The Hall–Kier alpha value is -3.56. The first-order valence-electron chi connectivity index (χ1n) is 10.7. The van der Waals surface area contributed by atoms with Gasteiger partial charge >= 0.3 is 0 Å². The normalized spacial score (nSPS) is 21.8. The summed E-state index contributed by atoms with van der Waals surface area (Å²) in [6.45, 7) is 4.17. The van der Waals surface area contributed by atoms with E-state index in [-0.39, 0.29) is 12.0 Å². The van der Waals surface area contributed by atoms with Crippen LogP contribution in [0.2, 0.25) is 0 Å². The van der Waals surface area contributed by atoms with Crippen LogP contribution >= 0.6 is 11.3 Å². The van der Waals surface area contributed by atoms with Crippen molar-refractivity contribution in [2.75, 3.05) is 11.9 Å². The highest BCUT2D eigenvalue weighted by Gasteiger charge is 2.47. The van der Waals surface area contributed by atoms with E-state index in [1.807, 2.05) is 36.4 Å². The van der Waals surface area contributed by atoms with Crippen molar-refractivity contribution in [1.29, 1.82) is 0 Å². The number of hydrogen-bond donors (Lipinski definition) is 1. The molecule has 8 nitrogen and oxygen atoms in total. The molecule has 0 aliphatic carbocycles. The molecule has 1 amide bonds. The molecule has 4 heterocycles. The van der Waals surface area contributed by atoms with Gasteiger partial charge in [0, 0.05) is 23.9 Å². The van der Waals surface area contributed by atoms with Crippen LogP contribution in [0.25, 0.3) is 21.8 Å². The number of hydrogen-bond acceptors (Lipinski definition) is 8. The first-order chi connectivity index (χ1) is 16.2. The topological polar surface area (TPSA) is 101 Å². The molecule has 3 aromatic rings. The van der Waals surface area contributed by atoms with Gasteiger partial charge in [-0.3, -0.25) is 4.79 Å². The molecule has 0 spiro atoms. The van der Waals surface area contributed by atoms with Gasteiger partial charge < -0.3 is 10.1 Å². The molecule has 9 heteroatoms. The number of benzene rings is 1. The fourth-order valence-corrected chi connectivity index (χ4v) is 5.21. The Bertz CT molecular complexity index is 1220. The molecule has 0 bridgehead atoms. The van der Waals surface area contributed by atoms with E-state index in [1.54, 1.807) is 12.3 Å². The van der Waals surface area contributed by atoms with Gasteiger partial charge in [0.1, 0.15) is 23.3 Å². The smallest absolute Gasteiger partial charge is 0.248 e. The summed E-state index contributed by atoms with van der Waals surface area (Å²) < 4.78 is 6.15. The predicted molar refractivity (Wildman–Crippen MR) is 128 cm³/mol. The van der Waals surface area contributed by atoms with Crippen molar-refractivity contribution in [1.82, 2.24) is 9.97 Å². The highest BCUT2D eigenvalue weighted by molar-refractivity contribution is 7.15. The first kappa shape index (κ1) is 21.3. The minimum Gasteiger partial charge on any atom is -0.373 e. The Labute approximate surface area is 195 Å². The summed E-state index contributed by atoms with van der Waals surface area (Å²) >= 11 is 1.51. The molecule has 2 atom stereocenters. The third-order valence-corrected chi connectivity index (χ3v) is 6.82. The van der Waals surface area contributed by atoms with Crippen LogP contribution in [-0.4, -0.2) is 34.9 Å². The van der Waals surface area contributed by atoms with E-state index in [0.29, 0.717) is 12.4 Å². The van der Waals surface area contributed by atoms with E-state index < -0.39 is 5.66 Å². The van der Waals surface area contributed by atoms with Gasteiger partial charge in [0.05, 0.1) is 10.6 Å². The number of aromatic nitrogens is 2. The summed E-state index contributed by atoms with van der Waals surface area (Å²) in [6, 6.07) is 13.6.